The van der Waals surface area contributed by atoms with Crippen molar-refractivity contribution in [2.24, 2.45) is 5.92 Å². The smallest absolute Gasteiger partial charge is 0.330 e. The van der Waals surface area contributed by atoms with Gasteiger partial charge in [0.05, 0.1) is 0 Å². The largest absolute Gasteiger partial charge is 0.370 e. The molecule has 11 nitrogen and oxygen atoms in total. The van der Waals surface area contributed by atoms with Crippen LogP contribution in [-0.4, -0.2) is 55.9 Å². The number of carbonyl (C=O) groups excluding carboxylic acids is 2. The van der Waals surface area contributed by atoms with Gasteiger partial charge in [-0.25, -0.2) is 14.8 Å². The minimum Gasteiger partial charge on any atom is -0.370 e. The van der Waals surface area contributed by atoms with Crippen molar-refractivity contribution in [1.29, 1.82) is 0 Å². The number of benzene rings is 1. The van der Waals surface area contributed by atoms with Crippen molar-refractivity contribution in [1.82, 2.24) is 24.4 Å². The molecule has 0 saturated carbocycles. The number of hydrogen-bond donors (Lipinski definition) is 3. The molecule has 3 N–H and O–H groups in total. The summed E-state index contributed by atoms with van der Waals surface area (Å²) in [5.41, 5.74) is -0.273. The Bertz CT molecular complexity index is 1410. The van der Waals surface area contributed by atoms with Gasteiger partial charge in [0.15, 0.2) is 11.4 Å². The number of piperidine rings is 1. The molecule has 2 amide bonds. The first-order chi connectivity index (χ1) is 18.9. The van der Waals surface area contributed by atoms with E-state index in [1.54, 1.807) is 4.90 Å². The van der Waals surface area contributed by atoms with Gasteiger partial charge in [-0.2, -0.15) is 0 Å². The quantitative estimate of drug-likeness (QED) is 0.364. The molecular weight excluding hydrogens is 498 g/mol. The van der Waals surface area contributed by atoms with Gasteiger partial charge in [0, 0.05) is 38.6 Å². The van der Waals surface area contributed by atoms with E-state index >= 15 is 0 Å². The number of amides is 2. The van der Waals surface area contributed by atoms with Crippen LogP contribution in [-0.2, 0) is 13.0 Å². The van der Waals surface area contributed by atoms with E-state index in [4.69, 9.17) is 0 Å². The van der Waals surface area contributed by atoms with E-state index in [1.165, 1.54) is 18.0 Å². The molecule has 4 rings (SSSR count). The van der Waals surface area contributed by atoms with Gasteiger partial charge in [-0.05, 0) is 43.6 Å². The number of H-pyrrole nitrogens is 1. The minimum atomic E-state index is -0.753. The highest BCUT2D eigenvalue weighted by Crippen LogP contribution is 2.23. The summed E-state index contributed by atoms with van der Waals surface area (Å²) in [5.74, 6) is -0.539. The Labute approximate surface area is 226 Å². The summed E-state index contributed by atoms with van der Waals surface area (Å²) in [6.45, 7) is 5.56. The highest BCUT2D eigenvalue weighted by atomic mass is 16.2. The molecule has 3 heterocycles. The van der Waals surface area contributed by atoms with Crippen molar-refractivity contribution in [3.05, 3.63) is 80.5 Å². The van der Waals surface area contributed by atoms with Crippen LogP contribution in [0.1, 0.15) is 66.1 Å². The molecule has 39 heavy (non-hydrogen) atoms. The number of anilines is 2. The Morgan fingerprint density at radius 1 is 1.00 bits per heavy atom. The van der Waals surface area contributed by atoms with Crippen LogP contribution in [0.4, 0.5) is 11.5 Å². The number of likely N-dealkylation sites (tertiary alicyclic amines) is 1. The van der Waals surface area contributed by atoms with Gasteiger partial charge in [0.2, 0.25) is 0 Å². The molecule has 1 aliphatic heterocycles. The van der Waals surface area contributed by atoms with Gasteiger partial charge in [-0.15, -0.1) is 0 Å². The fraction of sp³-hybridized carbons (Fsp3) is 0.429. The standard InChI is InChI=1S/C28H35N7O4/c1-3-12-31-24-23(27(38)35(15-4-2)28(39)33-24)32-25(36)21-22(30-14-13-29-21)26(37)34-16-10-20(11-17-34)18-19-8-6-5-7-9-19/h5-9,13-14,20,31H,3-4,10-12,15-18H2,1-2H3,(H,32,36)(H,33,39). The van der Waals surface area contributed by atoms with Gasteiger partial charge in [-0.1, -0.05) is 44.2 Å². The molecule has 3 aromatic rings. The maximum Gasteiger partial charge on any atom is 0.330 e. The van der Waals surface area contributed by atoms with Crippen LogP contribution >= 0.6 is 0 Å². The van der Waals surface area contributed by atoms with Gasteiger partial charge >= 0.3 is 5.69 Å². The summed E-state index contributed by atoms with van der Waals surface area (Å²) >= 11 is 0. The van der Waals surface area contributed by atoms with Crippen LogP contribution in [0, 0.1) is 5.92 Å². The summed E-state index contributed by atoms with van der Waals surface area (Å²) in [4.78, 5) is 65.0. The minimum absolute atomic E-state index is 0.0714. The van der Waals surface area contributed by atoms with Crippen LogP contribution in [0.15, 0.2) is 52.3 Å². The molecule has 1 aromatic carbocycles. The lowest BCUT2D eigenvalue weighted by atomic mass is 9.90. The third kappa shape index (κ3) is 6.60. The zero-order valence-electron chi connectivity index (χ0n) is 22.4. The van der Waals surface area contributed by atoms with Gasteiger partial charge in [-0.3, -0.25) is 23.9 Å². The Balaban J connectivity index is 1.52. The maximum absolute atomic E-state index is 13.4. The molecule has 1 saturated heterocycles. The van der Waals surface area contributed by atoms with Crippen molar-refractivity contribution in [3.63, 3.8) is 0 Å². The van der Waals surface area contributed by atoms with Crippen LogP contribution in [0.3, 0.4) is 0 Å². The third-order valence-electron chi connectivity index (χ3n) is 6.81. The Kier molecular flexibility index (Phi) is 9.24. The van der Waals surface area contributed by atoms with E-state index in [1.807, 2.05) is 32.0 Å². The van der Waals surface area contributed by atoms with Crippen molar-refractivity contribution in [2.45, 2.75) is 52.5 Å². The number of nitrogens with one attached hydrogen (secondary N) is 3. The number of hydrogen-bond acceptors (Lipinski definition) is 7. The first-order valence-electron chi connectivity index (χ1n) is 13.5. The Hall–Kier alpha value is -4.28. The lowest BCUT2D eigenvalue weighted by molar-refractivity contribution is 0.0679. The number of rotatable bonds is 10. The average Bonchev–Trinajstić information content (AvgIpc) is 2.96. The van der Waals surface area contributed by atoms with E-state index in [2.05, 4.69) is 37.7 Å². The van der Waals surface area contributed by atoms with Crippen LogP contribution in [0.2, 0.25) is 0 Å². The highest BCUT2D eigenvalue weighted by molar-refractivity contribution is 6.10. The highest BCUT2D eigenvalue weighted by Gasteiger charge is 2.29. The molecule has 1 fully saturated rings. The van der Waals surface area contributed by atoms with E-state index < -0.39 is 17.2 Å². The molecule has 206 valence electrons. The van der Waals surface area contributed by atoms with E-state index in [9.17, 15) is 19.2 Å². The molecule has 0 unspecified atom stereocenters. The molecule has 0 bridgehead atoms. The molecule has 1 aliphatic rings. The summed E-state index contributed by atoms with van der Waals surface area (Å²) in [6, 6.07) is 10.3. The van der Waals surface area contributed by atoms with Crippen LogP contribution in [0.5, 0.6) is 0 Å². The van der Waals surface area contributed by atoms with E-state index in [0.717, 1.165) is 30.3 Å². The first-order valence-corrected chi connectivity index (χ1v) is 13.5. The molecule has 0 aliphatic carbocycles. The third-order valence-corrected chi connectivity index (χ3v) is 6.81. The second-order valence-electron chi connectivity index (χ2n) is 9.70. The van der Waals surface area contributed by atoms with Gasteiger partial charge in [0.1, 0.15) is 11.5 Å². The van der Waals surface area contributed by atoms with Crippen LogP contribution < -0.4 is 21.9 Å². The summed E-state index contributed by atoms with van der Waals surface area (Å²) < 4.78 is 1.04. The molecular formula is C28H35N7O4. The molecule has 0 spiro atoms. The molecule has 11 heteroatoms. The topological polar surface area (TPSA) is 142 Å². The Morgan fingerprint density at radius 2 is 1.69 bits per heavy atom. The second kappa shape index (κ2) is 13.0. The van der Waals surface area contributed by atoms with Crippen molar-refractivity contribution >= 4 is 23.3 Å². The van der Waals surface area contributed by atoms with Crippen molar-refractivity contribution in [3.8, 4) is 0 Å². The lowest BCUT2D eigenvalue weighted by Gasteiger charge is -2.32. The summed E-state index contributed by atoms with van der Waals surface area (Å²) in [6.07, 6.45) is 6.66. The Morgan fingerprint density at radius 3 is 2.36 bits per heavy atom. The number of nitrogens with zero attached hydrogens (tertiary/aromatic N) is 4. The number of aromatic amines is 1. The van der Waals surface area contributed by atoms with E-state index in [-0.39, 0.29) is 35.3 Å². The van der Waals surface area contributed by atoms with Gasteiger partial charge in [0.25, 0.3) is 17.4 Å². The van der Waals surface area contributed by atoms with Gasteiger partial charge < -0.3 is 15.5 Å². The maximum atomic E-state index is 13.4. The van der Waals surface area contributed by atoms with Crippen LogP contribution in [0.25, 0.3) is 0 Å². The normalized spacial score (nSPS) is 13.7. The second-order valence-corrected chi connectivity index (χ2v) is 9.70. The number of carbonyl (C=O) groups is 2. The molecule has 2 aromatic heterocycles. The monoisotopic (exact) mass is 533 g/mol. The predicted molar refractivity (Wildman–Crippen MR) is 149 cm³/mol. The van der Waals surface area contributed by atoms with E-state index in [0.29, 0.717) is 32.0 Å². The fourth-order valence-electron chi connectivity index (χ4n) is 4.77. The lowest BCUT2D eigenvalue weighted by Crippen LogP contribution is -2.41. The van der Waals surface area contributed by atoms with Crippen molar-refractivity contribution < 1.29 is 9.59 Å². The SMILES string of the molecule is CCCNc1[nH]c(=O)n(CCC)c(=O)c1NC(=O)c1nccnc1C(=O)N1CCC(Cc2ccccc2)CC1. The summed E-state index contributed by atoms with van der Waals surface area (Å²) in [5, 5.41) is 5.57. The number of aromatic nitrogens is 4. The summed E-state index contributed by atoms with van der Waals surface area (Å²) in [7, 11) is 0. The molecule has 0 atom stereocenters. The predicted octanol–water partition coefficient (Wildman–Crippen LogP) is 2.91. The zero-order chi connectivity index (χ0) is 27.8. The van der Waals surface area contributed by atoms with Crippen molar-refractivity contribution in [2.75, 3.05) is 30.3 Å². The first kappa shape index (κ1) is 27.7. The zero-order valence-corrected chi connectivity index (χ0v) is 22.4. The average molecular weight is 534 g/mol. The molecule has 0 radical (unpaired) electrons. The fourth-order valence-corrected chi connectivity index (χ4v) is 4.77.